The third-order valence-corrected chi connectivity index (χ3v) is 5.30. The van der Waals surface area contributed by atoms with Gasteiger partial charge in [0.15, 0.2) is 0 Å². The van der Waals surface area contributed by atoms with E-state index in [2.05, 4.69) is 4.72 Å². The molecule has 0 radical (unpaired) electrons. The van der Waals surface area contributed by atoms with Crippen LogP contribution in [0.2, 0.25) is 0 Å². The average Bonchev–Trinajstić information content (AvgIpc) is 3.30. The van der Waals surface area contributed by atoms with Crippen LogP contribution < -0.4 is 9.62 Å². The van der Waals surface area contributed by atoms with Gasteiger partial charge >= 0.3 is 5.97 Å². The topological polar surface area (TPSA) is 95.9 Å². The molecule has 22 heavy (non-hydrogen) atoms. The van der Waals surface area contributed by atoms with Crippen LogP contribution in [0.4, 0.5) is 5.69 Å². The Morgan fingerprint density at radius 1 is 1.27 bits per heavy atom. The van der Waals surface area contributed by atoms with Crippen molar-refractivity contribution >= 4 is 21.7 Å². The lowest BCUT2D eigenvalue weighted by molar-refractivity contribution is 0.0696. The number of aromatic carboxylic acids is 1. The molecule has 1 aromatic rings. The molecule has 1 aliphatic heterocycles. The lowest BCUT2D eigenvalue weighted by Gasteiger charge is -2.30. The number of benzene rings is 1. The van der Waals surface area contributed by atoms with Gasteiger partial charge in [-0.1, -0.05) is 0 Å². The number of anilines is 1. The Labute approximate surface area is 128 Å². The summed E-state index contributed by atoms with van der Waals surface area (Å²) in [6.45, 7) is 2.21. The molecule has 0 atom stereocenters. The molecule has 1 aliphatic carbocycles. The number of sulfonamides is 1. The summed E-state index contributed by atoms with van der Waals surface area (Å²) in [6.07, 6.45) is 1.65. The van der Waals surface area contributed by atoms with E-state index in [4.69, 9.17) is 9.84 Å². The molecule has 2 N–H and O–H groups in total. The first kappa shape index (κ1) is 15.3. The molecular weight excluding hydrogens is 308 g/mol. The highest BCUT2D eigenvalue weighted by Gasteiger charge is 2.31. The van der Waals surface area contributed by atoms with E-state index < -0.39 is 16.0 Å². The number of carboxylic acid groups (broad SMARTS) is 1. The van der Waals surface area contributed by atoms with Gasteiger partial charge in [0.2, 0.25) is 10.0 Å². The molecular formula is C14H18N2O5S. The molecule has 1 heterocycles. The van der Waals surface area contributed by atoms with Crippen molar-refractivity contribution in [2.24, 2.45) is 0 Å². The number of hydrogen-bond acceptors (Lipinski definition) is 5. The third kappa shape index (κ3) is 3.23. The van der Waals surface area contributed by atoms with Gasteiger partial charge < -0.3 is 14.7 Å². The van der Waals surface area contributed by atoms with Crippen molar-refractivity contribution in [1.82, 2.24) is 4.72 Å². The fraction of sp³-hybridized carbons (Fsp3) is 0.500. The monoisotopic (exact) mass is 326 g/mol. The third-order valence-electron chi connectivity index (χ3n) is 3.75. The van der Waals surface area contributed by atoms with Crippen molar-refractivity contribution in [1.29, 1.82) is 0 Å². The van der Waals surface area contributed by atoms with Crippen molar-refractivity contribution in [3.05, 3.63) is 23.8 Å². The SMILES string of the molecule is O=C(O)c1ccc(N2CCOCC2)c(S(=O)(=O)NC2CC2)c1. The van der Waals surface area contributed by atoms with E-state index in [0.717, 1.165) is 12.8 Å². The van der Waals surface area contributed by atoms with E-state index in [-0.39, 0.29) is 16.5 Å². The maximum Gasteiger partial charge on any atom is 0.335 e. The van der Waals surface area contributed by atoms with Crippen LogP contribution in [-0.2, 0) is 14.8 Å². The second-order valence-corrected chi connectivity index (χ2v) is 7.17. The zero-order valence-electron chi connectivity index (χ0n) is 12.0. The molecule has 1 aromatic carbocycles. The Morgan fingerprint density at radius 3 is 2.55 bits per heavy atom. The first-order chi connectivity index (χ1) is 10.5. The van der Waals surface area contributed by atoms with E-state index in [0.29, 0.717) is 32.0 Å². The van der Waals surface area contributed by atoms with Gasteiger partial charge in [0.05, 0.1) is 24.5 Å². The summed E-state index contributed by atoms with van der Waals surface area (Å²) in [5, 5.41) is 9.12. The van der Waals surface area contributed by atoms with Crippen molar-refractivity contribution in [2.75, 3.05) is 31.2 Å². The first-order valence-electron chi connectivity index (χ1n) is 7.20. The molecule has 0 amide bonds. The molecule has 0 unspecified atom stereocenters. The maximum absolute atomic E-state index is 12.6. The van der Waals surface area contributed by atoms with Crippen molar-refractivity contribution in [2.45, 2.75) is 23.8 Å². The molecule has 7 nitrogen and oxygen atoms in total. The Bertz CT molecular complexity index is 678. The van der Waals surface area contributed by atoms with Gasteiger partial charge in [-0.25, -0.2) is 17.9 Å². The van der Waals surface area contributed by atoms with Crippen LogP contribution in [0.5, 0.6) is 0 Å². The number of nitrogens with zero attached hydrogens (tertiary/aromatic N) is 1. The van der Waals surface area contributed by atoms with E-state index in [1.165, 1.54) is 12.1 Å². The van der Waals surface area contributed by atoms with Gasteiger partial charge in [-0.2, -0.15) is 0 Å². The molecule has 3 rings (SSSR count). The van der Waals surface area contributed by atoms with Crippen molar-refractivity contribution in [3.8, 4) is 0 Å². The van der Waals surface area contributed by atoms with E-state index in [9.17, 15) is 13.2 Å². The highest BCUT2D eigenvalue weighted by Crippen LogP contribution is 2.30. The fourth-order valence-electron chi connectivity index (χ4n) is 2.41. The first-order valence-corrected chi connectivity index (χ1v) is 8.68. The number of ether oxygens (including phenoxy) is 1. The summed E-state index contributed by atoms with van der Waals surface area (Å²) in [5.41, 5.74) is 0.495. The minimum Gasteiger partial charge on any atom is -0.478 e. The molecule has 1 saturated heterocycles. The van der Waals surface area contributed by atoms with Crippen LogP contribution in [0.15, 0.2) is 23.1 Å². The highest BCUT2D eigenvalue weighted by atomic mass is 32.2. The standard InChI is InChI=1S/C14H18N2O5S/c17-14(18)10-1-4-12(16-5-7-21-8-6-16)13(9-10)22(19,20)15-11-2-3-11/h1,4,9,11,15H,2-3,5-8H2,(H,17,18). The fourth-order valence-corrected chi connectivity index (χ4v) is 3.97. The predicted molar refractivity (Wildman–Crippen MR) is 79.8 cm³/mol. The van der Waals surface area contributed by atoms with Gasteiger partial charge in [0.1, 0.15) is 4.90 Å². The number of rotatable bonds is 5. The van der Waals surface area contributed by atoms with E-state index in [1.807, 2.05) is 4.90 Å². The highest BCUT2D eigenvalue weighted by molar-refractivity contribution is 7.89. The van der Waals surface area contributed by atoms with Gasteiger partial charge in [-0.05, 0) is 31.0 Å². The normalized spacial score (nSPS) is 19.2. The molecule has 8 heteroatoms. The van der Waals surface area contributed by atoms with E-state index >= 15 is 0 Å². The summed E-state index contributed by atoms with van der Waals surface area (Å²) in [7, 11) is -3.73. The number of carboxylic acids is 1. The van der Waals surface area contributed by atoms with Crippen LogP contribution in [0.1, 0.15) is 23.2 Å². The smallest absolute Gasteiger partial charge is 0.335 e. The number of carbonyl (C=O) groups is 1. The van der Waals surface area contributed by atoms with E-state index in [1.54, 1.807) is 6.07 Å². The zero-order chi connectivity index (χ0) is 15.7. The summed E-state index contributed by atoms with van der Waals surface area (Å²) >= 11 is 0. The molecule has 0 aromatic heterocycles. The van der Waals surface area contributed by atoms with Crippen LogP contribution >= 0.6 is 0 Å². The predicted octanol–water partition coefficient (Wildman–Crippen LogP) is 0.662. The zero-order valence-corrected chi connectivity index (χ0v) is 12.8. The summed E-state index contributed by atoms with van der Waals surface area (Å²) in [4.78, 5) is 13.1. The average molecular weight is 326 g/mol. The number of nitrogens with one attached hydrogen (secondary N) is 1. The maximum atomic E-state index is 12.6. The minimum absolute atomic E-state index is 0.0289. The largest absolute Gasteiger partial charge is 0.478 e. The molecule has 120 valence electrons. The summed E-state index contributed by atoms with van der Waals surface area (Å²) in [6, 6.07) is 4.20. The van der Waals surface area contributed by atoms with Crippen LogP contribution in [0.3, 0.4) is 0 Å². The molecule has 0 spiro atoms. The van der Waals surface area contributed by atoms with Crippen LogP contribution in [0, 0.1) is 0 Å². The lowest BCUT2D eigenvalue weighted by atomic mass is 10.2. The number of hydrogen-bond donors (Lipinski definition) is 2. The molecule has 1 saturated carbocycles. The lowest BCUT2D eigenvalue weighted by Crippen LogP contribution is -2.38. The Balaban J connectivity index is 2.02. The second kappa shape index (κ2) is 5.86. The summed E-state index contributed by atoms with van der Waals surface area (Å²) in [5.74, 6) is -1.14. The van der Waals surface area contributed by atoms with Crippen LogP contribution in [-0.4, -0.2) is 51.8 Å². The second-order valence-electron chi connectivity index (χ2n) is 5.48. The van der Waals surface area contributed by atoms with Crippen LogP contribution in [0.25, 0.3) is 0 Å². The van der Waals surface area contributed by atoms with Gasteiger partial charge in [-0.3, -0.25) is 0 Å². The van der Waals surface area contributed by atoms with Crippen molar-refractivity contribution < 1.29 is 23.1 Å². The Hall–Kier alpha value is -1.64. The number of morpholine rings is 1. The van der Waals surface area contributed by atoms with Gasteiger partial charge in [-0.15, -0.1) is 0 Å². The van der Waals surface area contributed by atoms with Gasteiger partial charge in [0, 0.05) is 19.1 Å². The quantitative estimate of drug-likeness (QED) is 0.825. The molecule has 2 aliphatic rings. The van der Waals surface area contributed by atoms with Gasteiger partial charge in [0.25, 0.3) is 0 Å². The minimum atomic E-state index is -3.73. The molecule has 0 bridgehead atoms. The van der Waals surface area contributed by atoms with Crippen molar-refractivity contribution in [3.63, 3.8) is 0 Å². The molecule has 2 fully saturated rings. The Morgan fingerprint density at radius 2 is 1.95 bits per heavy atom. The summed E-state index contributed by atoms with van der Waals surface area (Å²) < 4.78 is 33.0. The Kier molecular flexibility index (Phi) is 4.07.